The van der Waals surface area contributed by atoms with Crippen LogP contribution < -0.4 is 15.4 Å². The van der Waals surface area contributed by atoms with Crippen molar-refractivity contribution in [1.82, 2.24) is 5.32 Å². The zero-order valence-corrected chi connectivity index (χ0v) is 12.6. The summed E-state index contributed by atoms with van der Waals surface area (Å²) in [6, 6.07) is 14.3. The van der Waals surface area contributed by atoms with Gasteiger partial charge in [-0.2, -0.15) is 0 Å². The van der Waals surface area contributed by atoms with E-state index >= 15 is 0 Å². The van der Waals surface area contributed by atoms with Crippen LogP contribution in [-0.4, -0.2) is 18.9 Å². The number of ether oxygens (including phenoxy) is 1. The third-order valence-corrected chi connectivity index (χ3v) is 3.06. The Bertz CT molecular complexity index is 666. The molecule has 0 fully saturated rings. The lowest BCUT2D eigenvalue weighted by atomic mass is 10.1. The van der Waals surface area contributed by atoms with Gasteiger partial charge in [0.2, 0.25) is 5.91 Å². The van der Waals surface area contributed by atoms with Gasteiger partial charge in [0, 0.05) is 24.7 Å². The van der Waals surface area contributed by atoms with Crippen LogP contribution in [-0.2, 0) is 11.3 Å². The van der Waals surface area contributed by atoms with Gasteiger partial charge in [0.05, 0.1) is 7.11 Å². The maximum Gasteiger partial charge on any atom is 0.251 e. The van der Waals surface area contributed by atoms with Crippen LogP contribution >= 0.6 is 0 Å². The van der Waals surface area contributed by atoms with E-state index in [0.29, 0.717) is 17.9 Å². The van der Waals surface area contributed by atoms with Gasteiger partial charge in [-0.15, -0.1) is 0 Å². The van der Waals surface area contributed by atoms with E-state index in [1.807, 2.05) is 12.1 Å². The highest BCUT2D eigenvalue weighted by molar-refractivity contribution is 5.94. The van der Waals surface area contributed by atoms with Gasteiger partial charge in [-0.1, -0.05) is 18.2 Å². The molecule has 0 unspecified atom stereocenters. The molecule has 0 radical (unpaired) electrons. The number of hydrogen-bond acceptors (Lipinski definition) is 3. The SMILES string of the molecule is COc1cccc(C(=O)NCc2ccc(NC(C)=O)cc2)c1. The smallest absolute Gasteiger partial charge is 0.251 e. The summed E-state index contributed by atoms with van der Waals surface area (Å²) in [5.74, 6) is 0.372. The first kappa shape index (κ1) is 15.6. The quantitative estimate of drug-likeness (QED) is 0.891. The summed E-state index contributed by atoms with van der Waals surface area (Å²) in [4.78, 5) is 23.0. The Kier molecular flexibility index (Phi) is 5.14. The minimum absolute atomic E-state index is 0.112. The first-order valence-corrected chi connectivity index (χ1v) is 6.87. The highest BCUT2D eigenvalue weighted by Gasteiger charge is 2.06. The monoisotopic (exact) mass is 298 g/mol. The van der Waals surface area contributed by atoms with Crippen LogP contribution in [0.25, 0.3) is 0 Å². The molecule has 0 aliphatic rings. The molecule has 0 heterocycles. The van der Waals surface area contributed by atoms with E-state index in [-0.39, 0.29) is 11.8 Å². The normalized spacial score (nSPS) is 9.91. The first-order chi connectivity index (χ1) is 10.6. The van der Waals surface area contributed by atoms with Crippen molar-refractivity contribution in [3.05, 3.63) is 59.7 Å². The Morgan fingerprint density at radius 2 is 1.82 bits per heavy atom. The van der Waals surface area contributed by atoms with Crippen molar-refractivity contribution in [2.45, 2.75) is 13.5 Å². The van der Waals surface area contributed by atoms with Gasteiger partial charge in [0.25, 0.3) is 5.91 Å². The number of nitrogens with one attached hydrogen (secondary N) is 2. The molecule has 2 N–H and O–H groups in total. The van der Waals surface area contributed by atoms with Crippen molar-refractivity contribution in [2.24, 2.45) is 0 Å². The van der Waals surface area contributed by atoms with E-state index in [9.17, 15) is 9.59 Å². The number of rotatable bonds is 5. The highest BCUT2D eigenvalue weighted by atomic mass is 16.5. The van der Waals surface area contributed by atoms with Crippen LogP contribution in [0.3, 0.4) is 0 Å². The molecule has 2 aromatic rings. The van der Waals surface area contributed by atoms with Crippen LogP contribution in [0.5, 0.6) is 5.75 Å². The molecule has 2 amide bonds. The van der Waals surface area contributed by atoms with Gasteiger partial charge in [-0.05, 0) is 35.9 Å². The fourth-order valence-corrected chi connectivity index (χ4v) is 1.96. The molecular weight excluding hydrogens is 280 g/mol. The Balaban J connectivity index is 1.94. The predicted octanol–water partition coefficient (Wildman–Crippen LogP) is 2.58. The minimum Gasteiger partial charge on any atom is -0.497 e. The van der Waals surface area contributed by atoms with E-state index in [4.69, 9.17) is 4.74 Å². The zero-order valence-electron chi connectivity index (χ0n) is 12.6. The van der Waals surface area contributed by atoms with Gasteiger partial charge >= 0.3 is 0 Å². The summed E-state index contributed by atoms with van der Waals surface area (Å²) in [5, 5.41) is 5.54. The molecule has 0 aliphatic heterocycles. The maximum absolute atomic E-state index is 12.1. The third-order valence-electron chi connectivity index (χ3n) is 3.06. The molecule has 22 heavy (non-hydrogen) atoms. The summed E-state index contributed by atoms with van der Waals surface area (Å²) in [6.45, 7) is 1.87. The number of carbonyl (C=O) groups is 2. The number of carbonyl (C=O) groups excluding carboxylic acids is 2. The average Bonchev–Trinajstić information content (AvgIpc) is 2.53. The van der Waals surface area contributed by atoms with Gasteiger partial charge in [0.1, 0.15) is 5.75 Å². The largest absolute Gasteiger partial charge is 0.497 e. The molecule has 0 saturated heterocycles. The maximum atomic E-state index is 12.1. The van der Waals surface area contributed by atoms with E-state index in [1.165, 1.54) is 6.92 Å². The predicted molar refractivity (Wildman–Crippen MR) is 84.9 cm³/mol. The van der Waals surface area contributed by atoms with Crippen molar-refractivity contribution in [3.63, 3.8) is 0 Å². The van der Waals surface area contributed by atoms with Crippen molar-refractivity contribution in [3.8, 4) is 5.75 Å². The topological polar surface area (TPSA) is 67.4 Å². The van der Waals surface area contributed by atoms with Crippen LogP contribution in [0.15, 0.2) is 48.5 Å². The number of methoxy groups -OCH3 is 1. The lowest BCUT2D eigenvalue weighted by molar-refractivity contribution is -0.114. The fraction of sp³-hybridized carbons (Fsp3) is 0.176. The van der Waals surface area contributed by atoms with Crippen LogP contribution in [0.1, 0.15) is 22.8 Å². The lowest BCUT2D eigenvalue weighted by Crippen LogP contribution is -2.22. The number of hydrogen-bond donors (Lipinski definition) is 2. The zero-order chi connectivity index (χ0) is 15.9. The standard InChI is InChI=1S/C17H18N2O3/c1-12(20)19-15-8-6-13(7-9-15)11-18-17(21)14-4-3-5-16(10-14)22-2/h3-10H,11H2,1-2H3,(H,18,21)(H,19,20). The van der Waals surface area contributed by atoms with Crippen molar-refractivity contribution in [2.75, 3.05) is 12.4 Å². The molecule has 2 rings (SSSR count). The number of anilines is 1. The molecule has 5 nitrogen and oxygen atoms in total. The Labute approximate surface area is 129 Å². The van der Waals surface area contributed by atoms with E-state index < -0.39 is 0 Å². The summed E-state index contributed by atoms with van der Waals surface area (Å²) < 4.78 is 5.10. The third kappa shape index (κ3) is 4.34. The molecular formula is C17H18N2O3. The van der Waals surface area contributed by atoms with Gasteiger partial charge < -0.3 is 15.4 Å². The Morgan fingerprint density at radius 3 is 2.45 bits per heavy atom. The van der Waals surface area contributed by atoms with Gasteiger partial charge in [-0.3, -0.25) is 9.59 Å². The van der Waals surface area contributed by atoms with E-state index in [1.54, 1.807) is 43.5 Å². The fourth-order valence-electron chi connectivity index (χ4n) is 1.96. The van der Waals surface area contributed by atoms with Crippen molar-refractivity contribution >= 4 is 17.5 Å². The molecule has 0 bridgehead atoms. The molecule has 0 aliphatic carbocycles. The first-order valence-electron chi connectivity index (χ1n) is 6.87. The molecule has 114 valence electrons. The summed E-state index contributed by atoms with van der Waals surface area (Å²) in [6.07, 6.45) is 0. The summed E-state index contributed by atoms with van der Waals surface area (Å²) in [5.41, 5.74) is 2.23. The Hall–Kier alpha value is -2.82. The van der Waals surface area contributed by atoms with Gasteiger partial charge in [0.15, 0.2) is 0 Å². The van der Waals surface area contributed by atoms with Crippen molar-refractivity contribution < 1.29 is 14.3 Å². The lowest BCUT2D eigenvalue weighted by Gasteiger charge is -2.08. The summed E-state index contributed by atoms with van der Waals surface area (Å²) in [7, 11) is 1.56. The Morgan fingerprint density at radius 1 is 1.09 bits per heavy atom. The van der Waals surface area contributed by atoms with Crippen LogP contribution in [0.4, 0.5) is 5.69 Å². The molecule has 2 aromatic carbocycles. The molecule has 0 atom stereocenters. The second kappa shape index (κ2) is 7.26. The number of benzene rings is 2. The second-order valence-electron chi connectivity index (χ2n) is 4.79. The molecule has 5 heteroatoms. The van der Waals surface area contributed by atoms with E-state index in [2.05, 4.69) is 10.6 Å². The average molecular weight is 298 g/mol. The second-order valence-corrected chi connectivity index (χ2v) is 4.79. The van der Waals surface area contributed by atoms with Crippen LogP contribution in [0, 0.1) is 0 Å². The van der Waals surface area contributed by atoms with Crippen LogP contribution in [0.2, 0.25) is 0 Å². The minimum atomic E-state index is -0.162. The number of amides is 2. The molecule has 0 aromatic heterocycles. The summed E-state index contributed by atoms with van der Waals surface area (Å²) >= 11 is 0. The van der Waals surface area contributed by atoms with Crippen molar-refractivity contribution in [1.29, 1.82) is 0 Å². The van der Waals surface area contributed by atoms with Gasteiger partial charge in [-0.25, -0.2) is 0 Å². The highest BCUT2D eigenvalue weighted by Crippen LogP contribution is 2.13. The molecule has 0 spiro atoms. The molecule has 0 saturated carbocycles. The van der Waals surface area contributed by atoms with E-state index in [0.717, 1.165) is 11.3 Å².